The zero-order valence-corrected chi connectivity index (χ0v) is 12.5. The van der Waals surface area contributed by atoms with Crippen molar-refractivity contribution in [1.29, 1.82) is 0 Å². The minimum absolute atomic E-state index is 0.385. The number of alkyl halides is 1. The predicted octanol–water partition coefficient (Wildman–Crippen LogP) is 4.93. The van der Waals surface area contributed by atoms with E-state index < -0.39 is 0 Å². The fourth-order valence-electron chi connectivity index (χ4n) is 1.74. The third-order valence-electron chi connectivity index (χ3n) is 2.72. The summed E-state index contributed by atoms with van der Waals surface area (Å²) in [6.07, 6.45) is 0.805. The summed E-state index contributed by atoms with van der Waals surface area (Å²) in [4.78, 5) is 0. The predicted molar refractivity (Wildman–Crippen MR) is 83.1 cm³/mol. The minimum Gasteiger partial charge on any atom is -0.493 e. The summed E-state index contributed by atoms with van der Waals surface area (Å²) >= 11 is 11.8. The van der Waals surface area contributed by atoms with Gasteiger partial charge in [0.1, 0.15) is 11.5 Å². The van der Waals surface area contributed by atoms with Crippen LogP contribution < -0.4 is 9.47 Å². The molecule has 106 valence electrons. The highest BCUT2D eigenvalue weighted by Gasteiger charge is 2.03. The van der Waals surface area contributed by atoms with Crippen LogP contribution in [0.4, 0.5) is 0 Å². The Bertz CT molecular complexity index is 529. The average Bonchev–Trinajstić information content (AvgIpc) is 2.49. The van der Waals surface area contributed by atoms with E-state index in [9.17, 15) is 0 Å². The Morgan fingerprint density at radius 2 is 1.65 bits per heavy atom. The van der Waals surface area contributed by atoms with Gasteiger partial charge in [-0.2, -0.15) is 0 Å². The quantitative estimate of drug-likeness (QED) is 0.533. The second-order valence-corrected chi connectivity index (χ2v) is 4.95. The van der Waals surface area contributed by atoms with Gasteiger partial charge in [0.05, 0.1) is 19.1 Å². The van der Waals surface area contributed by atoms with Gasteiger partial charge >= 0.3 is 0 Å². The highest BCUT2D eigenvalue weighted by atomic mass is 35.5. The highest BCUT2D eigenvalue weighted by Crippen LogP contribution is 2.24. The van der Waals surface area contributed by atoms with E-state index in [2.05, 4.69) is 0 Å². The van der Waals surface area contributed by atoms with Gasteiger partial charge in [-0.05, 0) is 30.3 Å². The molecule has 0 N–H and O–H groups in total. The van der Waals surface area contributed by atoms with Crippen LogP contribution in [0, 0.1) is 0 Å². The van der Waals surface area contributed by atoms with E-state index in [1.54, 1.807) is 6.07 Å². The third kappa shape index (κ3) is 4.62. The van der Waals surface area contributed by atoms with E-state index in [-0.39, 0.29) is 0 Å². The van der Waals surface area contributed by atoms with Gasteiger partial charge in [-0.15, -0.1) is 11.6 Å². The maximum absolute atomic E-state index is 5.91. The van der Waals surface area contributed by atoms with Crippen molar-refractivity contribution >= 4 is 23.2 Å². The van der Waals surface area contributed by atoms with Crippen molar-refractivity contribution in [1.82, 2.24) is 0 Å². The van der Waals surface area contributed by atoms with Crippen molar-refractivity contribution in [2.24, 2.45) is 0 Å². The van der Waals surface area contributed by atoms with Gasteiger partial charge in [-0.1, -0.05) is 29.8 Å². The monoisotopic (exact) mass is 310 g/mol. The Labute approximate surface area is 129 Å². The number of hydrogen-bond donors (Lipinski definition) is 0. The molecule has 0 aliphatic heterocycles. The molecule has 0 saturated carbocycles. The number of hydrogen-bond acceptors (Lipinski definition) is 2. The second kappa shape index (κ2) is 8.03. The Morgan fingerprint density at radius 1 is 0.900 bits per heavy atom. The molecule has 0 fully saturated rings. The molecule has 2 aromatic rings. The summed E-state index contributed by atoms with van der Waals surface area (Å²) in [5, 5.41) is 0.667. The van der Waals surface area contributed by atoms with Crippen LogP contribution in [-0.4, -0.2) is 13.2 Å². The summed E-state index contributed by atoms with van der Waals surface area (Å²) in [7, 11) is 0. The van der Waals surface area contributed by atoms with Gasteiger partial charge in [-0.25, -0.2) is 0 Å². The Kier molecular flexibility index (Phi) is 6.03. The van der Waals surface area contributed by atoms with Gasteiger partial charge in [-0.3, -0.25) is 0 Å². The molecule has 2 nitrogen and oxygen atoms in total. The molecule has 0 atom stereocenters. The lowest BCUT2D eigenvalue weighted by molar-refractivity contribution is 0.246. The first-order valence-electron chi connectivity index (χ1n) is 6.44. The van der Waals surface area contributed by atoms with Crippen molar-refractivity contribution in [3.05, 3.63) is 59.1 Å². The summed E-state index contributed by atoms with van der Waals surface area (Å²) in [5.74, 6) is 2.04. The molecular formula is C16H16Cl2O2. The van der Waals surface area contributed by atoms with Crippen LogP contribution >= 0.6 is 23.2 Å². The fourth-order valence-corrected chi connectivity index (χ4v) is 2.14. The van der Waals surface area contributed by atoms with Crippen molar-refractivity contribution in [2.75, 3.05) is 13.2 Å². The molecule has 4 heteroatoms. The molecule has 0 saturated heterocycles. The van der Waals surface area contributed by atoms with Crippen molar-refractivity contribution in [2.45, 2.75) is 12.3 Å². The van der Waals surface area contributed by atoms with E-state index in [1.165, 1.54) is 0 Å². The number of ether oxygens (including phenoxy) is 2. The smallest absolute Gasteiger partial charge is 0.123 e. The summed E-state index contributed by atoms with van der Waals surface area (Å²) < 4.78 is 11.3. The maximum Gasteiger partial charge on any atom is 0.123 e. The van der Waals surface area contributed by atoms with Gasteiger partial charge in [0.25, 0.3) is 0 Å². The molecule has 0 amide bonds. The van der Waals surface area contributed by atoms with E-state index in [0.29, 0.717) is 24.1 Å². The number of para-hydroxylation sites is 1. The first-order valence-corrected chi connectivity index (χ1v) is 7.36. The van der Waals surface area contributed by atoms with Gasteiger partial charge < -0.3 is 9.47 Å². The first kappa shape index (κ1) is 15.0. The molecule has 0 aliphatic carbocycles. The fraction of sp³-hybridized carbons (Fsp3) is 0.250. The van der Waals surface area contributed by atoms with Gasteiger partial charge in [0, 0.05) is 17.0 Å². The normalized spacial score (nSPS) is 10.3. The first-order chi connectivity index (χ1) is 9.79. The Balaban J connectivity index is 1.73. The highest BCUT2D eigenvalue weighted by molar-refractivity contribution is 6.30. The van der Waals surface area contributed by atoms with Crippen LogP contribution in [0.5, 0.6) is 11.5 Å². The molecule has 0 heterocycles. The SMILES string of the molecule is ClCc1cc(Cl)ccc1OCCCOc1ccccc1. The van der Waals surface area contributed by atoms with E-state index in [1.807, 2.05) is 42.5 Å². The molecule has 0 aromatic heterocycles. The molecule has 0 unspecified atom stereocenters. The average molecular weight is 311 g/mol. The lowest BCUT2D eigenvalue weighted by Crippen LogP contribution is -2.05. The van der Waals surface area contributed by atoms with E-state index in [4.69, 9.17) is 32.7 Å². The van der Waals surface area contributed by atoms with Crippen molar-refractivity contribution in [3.8, 4) is 11.5 Å². The van der Waals surface area contributed by atoms with Gasteiger partial charge in [0.15, 0.2) is 0 Å². The summed E-state index contributed by atoms with van der Waals surface area (Å²) in [5.41, 5.74) is 0.906. The van der Waals surface area contributed by atoms with Gasteiger partial charge in [0.2, 0.25) is 0 Å². The van der Waals surface area contributed by atoms with Crippen molar-refractivity contribution < 1.29 is 9.47 Å². The van der Waals surface area contributed by atoms with Crippen LogP contribution in [-0.2, 0) is 5.88 Å². The number of benzene rings is 2. The molecule has 0 radical (unpaired) electrons. The lowest BCUT2D eigenvalue weighted by Gasteiger charge is -2.11. The molecule has 2 aromatic carbocycles. The molecule has 20 heavy (non-hydrogen) atoms. The van der Waals surface area contributed by atoms with Crippen LogP contribution in [0.15, 0.2) is 48.5 Å². The van der Waals surface area contributed by atoms with Crippen LogP contribution in [0.3, 0.4) is 0 Å². The molecule has 2 rings (SSSR count). The molecule has 0 aliphatic rings. The topological polar surface area (TPSA) is 18.5 Å². The largest absolute Gasteiger partial charge is 0.493 e. The Hall–Kier alpha value is -1.38. The second-order valence-electron chi connectivity index (χ2n) is 4.25. The standard InChI is InChI=1S/C16H16Cl2O2/c17-12-13-11-14(18)7-8-16(13)20-10-4-9-19-15-5-2-1-3-6-15/h1-3,5-8,11H,4,9-10,12H2. The van der Waals surface area contributed by atoms with Crippen LogP contribution in [0.1, 0.15) is 12.0 Å². The minimum atomic E-state index is 0.385. The number of rotatable bonds is 7. The lowest BCUT2D eigenvalue weighted by atomic mass is 10.2. The third-order valence-corrected chi connectivity index (χ3v) is 3.25. The number of halogens is 2. The molecule has 0 spiro atoms. The molecular weight excluding hydrogens is 295 g/mol. The molecule has 0 bridgehead atoms. The van der Waals surface area contributed by atoms with Crippen molar-refractivity contribution in [3.63, 3.8) is 0 Å². The summed E-state index contributed by atoms with van der Waals surface area (Å²) in [6, 6.07) is 15.2. The Morgan fingerprint density at radius 3 is 2.40 bits per heavy atom. The van der Waals surface area contributed by atoms with Crippen LogP contribution in [0.2, 0.25) is 5.02 Å². The van der Waals surface area contributed by atoms with E-state index in [0.717, 1.165) is 23.5 Å². The summed E-state index contributed by atoms with van der Waals surface area (Å²) in [6.45, 7) is 1.20. The van der Waals surface area contributed by atoms with E-state index >= 15 is 0 Å². The zero-order chi connectivity index (χ0) is 14.2. The maximum atomic E-state index is 5.91. The zero-order valence-electron chi connectivity index (χ0n) is 11.0. The van der Waals surface area contributed by atoms with Crippen LogP contribution in [0.25, 0.3) is 0 Å².